The number of hydrogen-bond donors (Lipinski definition) is 0. The minimum Gasteiger partial charge on any atom is -0.378 e. The first-order chi connectivity index (χ1) is 13.3. The van der Waals surface area contributed by atoms with Gasteiger partial charge in [0.15, 0.2) is 0 Å². The van der Waals surface area contributed by atoms with Crippen LogP contribution in [0.4, 0.5) is 11.4 Å². The SMILES string of the molecule is Cc1ccc(S(=O)(=O)N(C(=O)c2ccc(N(C)C)cc2)c2ccccc2)cc1. The van der Waals surface area contributed by atoms with E-state index in [-0.39, 0.29) is 4.90 Å². The second-order valence-electron chi connectivity index (χ2n) is 6.66. The smallest absolute Gasteiger partial charge is 0.272 e. The molecule has 0 heterocycles. The molecule has 144 valence electrons. The number of rotatable bonds is 5. The lowest BCUT2D eigenvalue weighted by atomic mass is 10.2. The molecule has 6 heteroatoms. The summed E-state index contributed by atoms with van der Waals surface area (Å²) in [5.41, 5.74) is 2.45. The number of nitrogens with zero attached hydrogens (tertiary/aromatic N) is 2. The fourth-order valence-corrected chi connectivity index (χ4v) is 4.18. The highest BCUT2D eigenvalue weighted by atomic mass is 32.2. The number of amides is 1. The maximum Gasteiger partial charge on any atom is 0.272 e. The largest absolute Gasteiger partial charge is 0.378 e. The van der Waals surface area contributed by atoms with Crippen LogP contribution in [0, 0.1) is 6.92 Å². The van der Waals surface area contributed by atoms with Crippen molar-refractivity contribution in [2.75, 3.05) is 23.3 Å². The summed E-state index contributed by atoms with van der Waals surface area (Å²) >= 11 is 0. The Labute approximate surface area is 165 Å². The highest BCUT2D eigenvalue weighted by molar-refractivity contribution is 7.93. The molecule has 0 saturated heterocycles. The highest BCUT2D eigenvalue weighted by Crippen LogP contribution is 2.26. The van der Waals surface area contributed by atoms with Crippen molar-refractivity contribution in [2.24, 2.45) is 0 Å². The van der Waals surface area contributed by atoms with Crippen molar-refractivity contribution in [1.29, 1.82) is 0 Å². The molecule has 0 radical (unpaired) electrons. The summed E-state index contributed by atoms with van der Waals surface area (Å²) in [4.78, 5) is 15.2. The minimum absolute atomic E-state index is 0.0696. The van der Waals surface area contributed by atoms with Gasteiger partial charge in [0.2, 0.25) is 0 Å². The number of carbonyl (C=O) groups excluding carboxylic acids is 1. The summed E-state index contributed by atoms with van der Waals surface area (Å²) < 4.78 is 27.5. The van der Waals surface area contributed by atoms with Gasteiger partial charge in [0.05, 0.1) is 10.6 Å². The maximum absolute atomic E-state index is 13.3. The van der Waals surface area contributed by atoms with Crippen LogP contribution in [0.2, 0.25) is 0 Å². The predicted molar refractivity (Wildman–Crippen MR) is 112 cm³/mol. The van der Waals surface area contributed by atoms with Crippen molar-refractivity contribution in [3.63, 3.8) is 0 Å². The van der Waals surface area contributed by atoms with Gasteiger partial charge in [-0.3, -0.25) is 4.79 Å². The van der Waals surface area contributed by atoms with Crippen molar-refractivity contribution in [3.05, 3.63) is 90.0 Å². The molecule has 0 aromatic heterocycles. The molecule has 0 fully saturated rings. The number of carbonyl (C=O) groups is 1. The summed E-state index contributed by atoms with van der Waals surface area (Å²) in [7, 11) is -0.276. The van der Waals surface area contributed by atoms with Gasteiger partial charge in [-0.1, -0.05) is 35.9 Å². The third-order valence-corrected chi connectivity index (χ3v) is 6.09. The second kappa shape index (κ2) is 7.86. The van der Waals surface area contributed by atoms with Gasteiger partial charge in [-0.25, -0.2) is 8.42 Å². The third-order valence-electron chi connectivity index (χ3n) is 4.37. The molecule has 3 aromatic rings. The Balaban J connectivity index is 2.09. The van der Waals surface area contributed by atoms with Crippen LogP contribution in [0.1, 0.15) is 15.9 Å². The van der Waals surface area contributed by atoms with Crippen LogP contribution in [0.25, 0.3) is 0 Å². The molecule has 0 aliphatic heterocycles. The van der Waals surface area contributed by atoms with E-state index >= 15 is 0 Å². The average Bonchev–Trinajstić information content (AvgIpc) is 2.69. The summed E-state index contributed by atoms with van der Waals surface area (Å²) in [6, 6.07) is 21.7. The normalized spacial score (nSPS) is 11.1. The topological polar surface area (TPSA) is 57.7 Å². The van der Waals surface area contributed by atoms with Crippen molar-refractivity contribution in [2.45, 2.75) is 11.8 Å². The van der Waals surface area contributed by atoms with E-state index < -0.39 is 15.9 Å². The van der Waals surface area contributed by atoms with Crippen LogP contribution >= 0.6 is 0 Å². The Morgan fingerprint density at radius 2 is 1.32 bits per heavy atom. The van der Waals surface area contributed by atoms with Gasteiger partial charge < -0.3 is 4.90 Å². The first kappa shape index (κ1) is 19.6. The molecule has 0 aliphatic rings. The number of sulfonamides is 1. The third kappa shape index (κ3) is 3.92. The van der Waals surface area contributed by atoms with E-state index in [4.69, 9.17) is 0 Å². The van der Waals surface area contributed by atoms with E-state index in [0.717, 1.165) is 15.6 Å². The zero-order valence-electron chi connectivity index (χ0n) is 16.0. The molecule has 0 bridgehead atoms. The van der Waals surface area contributed by atoms with E-state index in [0.29, 0.717) is 11.3 Å². The molecule has 5 nitrogen and oxygen atoms in total. The number of para-hydroxylation sites is 1. The average molecular weight is 394 g/mol. The van der Waals surface area contributed by atoms with E-state index in [2.05, 4.69) is 0 Å². The molecule has 1 amide bonds. The number of hydrogen-bond acceptors (Lipinski definition) is 4. The highest BCUT2D eigenvalue weighted by Gasteiger charge is 2.31. The summed E-state index contributed by atoms with van der Waals surface area (Å²) in [5, 5.41) is 0. The molecule has 0 unspecified atom stereocenters. The van der Waals surface area contributed by atoms with Crippen molar-refractivity contribution in [1.82, 2.24) is 0 Å². The fraction of sp³-hybridized carbons (Fsp3) is 0.136. The van der Waals surface area contributed by atoms with Gasteiger partial charge in [0.25, 0.3) is 15.9 Å². The Kier molecular flexibility index (Phi) is 5.51. The van der Waals surface area contributed by atoms with Gasteiger partial charge in [-0.05, 0) is 55.5 Å². The van der Waals surface area contributed by atoms with Crippen molar-refractivity contribution < 1.29 is 13.2 Å². The zero-order chi connectivity index (χ0) is 20.3. The molecule has 0 atom stereocenters. The summed E-state index contributed by atoms with van der Waals surface area (Å²) in [6.07, 6.45) is 0. The number of anilines is 2. The van der Waals surface area contributed by atoms with E-state index in [1.54, 1.807) is 66.7 Å². The van der Waals surface area contributed by atoms with Crippen LogP contribution in [0.3, 0.4) is 0 Å². The van der Waals surface area contributed by atoms with E-state index in [1.165, 1.54) is 12.1 Å². The first-order valence-corrected chi connectivity index (χ1v) is 10.2. The Hall–Kier alpha value is -3.12. The lowest BCUT2D eigenvalue weighted by Crippen LogP contribution is -2.37. The van der Waals surface area contributed by atoms with E-state index in [1.807, 2.05) is 25.9 Å². The standard InChI is InChI=1S/C22H22N2O3S/c1-17-9-15-21(16-10-17)28(26,27)24(20-7-5-4-6-8-20)22(25)18-11-13-19(14-12-18)23(2)3/h4-16H,1-3H3. The fourth-order valence-electron chi connectivity index (χ4n) is 2.76. The molecular weight excluding hydrogens is 372 g/mol. The molecule has 0 saturated carbocycles. The maximum atomic E-state index is 13.3. The number of aryl methyl sites for hydroxylation is 1. The van der Waals surface area contributed by atoms with Gasteiger partial charge >= 0.3 is 0 Å². The molecule has 3 rings (SSSR count). The van der Waals surface area contributed by atoms with Crippen LogP contribution in [-0.4, -0.2) is 28.4 Å². The van der Waals surface area contributed by atoms with Crippen LogP contribution in [0.5, 0.6) is 0 Å². The van der Waals surface area contributed by atoms with E-state index in [9.17, 15) is 13.2 Å². The number of benzene rings is 3. The quantitative estimate of drug-likeness (QED) is 0.654. The monoisotopic (exact) mass is 394 g/mol. The van der Waals surface area contributed by atoms with Gasteiger partial charge in [-0.2, -0.15) is 4.31 Å². The molecule has 0 spiro atoms. The predicted octanol–water partition coefficient (Wildman–Crippen LogP) is 4.10. The molecular formula is C22H22N2O3S. The Morgan fingerprint density at radius 1 is 0.750 bits per heavy atom. The van der Waals surface area contributed by atoms with Crippen LogP contribution in [0.15, 0.2) is 83.8 Å². The molecule has 0 aliphatic carbocycles. The minimum atomic E-state index is -4.07. The Bertz CT molecular complexity index is 1060. The van der Waals surface area contributed by atoms with Crippen molar-refractivity contribution >= 4 is 27.3 Å². The zero-order valence-corrected chi connectivity index (χ0v) is 16.8. The molecule has 28 heavy (non-hydrogen) atoms. The molecule has 3 aromatic carbocycles. The first-order valence-electron chi connectivity index (χ1n) is 8.79. The Morgan fingerprint density at radius 3 is 1.86 bits per heavy atom. The molecule has 0 N–H and O–H groups in total. The second-order valence-corrected chi connectivity index (χ2v) is 8.45. The lowest BCUT2D eigenvalue weighted by molar-refractivity contribution is 0.101. The lowest BCUT2D eigenvalue weighted by Gasteiger charge is -2.23. The summed E-state index contributed by atoms with van der Waals surface area (Å²) in [6.45, 7) is 1.88. The van der Waals surface area contributed by atoms with Crippen LogP contribution in [-0.2, 0) is 10.0 Å². The van der Waals surface area contributed by atoms with Gasteiger partial charge in [-0.15, -0.1) is 0 Å². The van der Waals surface area contributed by atoms with Crippen LogP contribution < -0.4 is 9.21 Å². The summed E-state index contributed by atoms with van der Waals surface area (Å²) in [5.74, 6) is -0.600. The van der Waals surface area contributed by atoms with Gasteiger partial charge in [0.1, 0.15) is 0 Å². The van der Waals surface area contributed by atoms with Crippen molar-refractivity contribution in [3.8, 4) is 0 Å². The van der Waals surface area contributed by atoms with Gasteiger partial charge in [0, 0.05) is 25.3 Å².